The molecule has 0 spiro atoms. The number of ether oxygens (including phenoxy) is 2. The van der Waals surface area contributed by atoms with Crippen molar-refractivity contribution >= 4 is 0 Å². The predicted octanol–water partition coefficient (Wildman–Crippen LogP) is 1.86. The van der Waals surface area contributed by atoms with E-state index in [2.05, 4.69) is 17.3 Å². The van der Waals surface area contributed by atoms with Crippen molar-refractivity contribution < 1.29 is 9.47 Å². The molecular formula is C13H25N3O2. The van der Waals surface area contributed by atoms with E-state index in [0.717, 1.165) is 18.5 Å². The summed E-state index contributed by atoms with van der Waals surface area (Å²) in [6, 6.07) is 0.0264. The van der Waals surface area contributed by atoms with Gasteiger partial charge >= 0.3 is 0 Å². The maximum atomic E-state index is 5.68. The second-order valence-corrected chi connectivity index (χ2v) is 4.16. The zero-order valence-electron chi connectivity index (χ0n) is 11.8. The molecule has 0 aliphatic carbocycles. The summed E-state index contributed by atoms with van der Waals surface area (Å²) in [6.07, 6.45) is 4.66. The highest BCUT2D eigenvalue weighted by Crippen LogP contribution is 2.20. The van der Waals surface area contributed by atoms with Gasteiger partial charge in [-0.15, -0.1) is 0 Å². The molecule has 0 fully saturated rings. The molecule has 5 heteroatoms. The second-order valence-electron chi connectivity index (χ2n) is 4.16. The van der Waals surface area contributed by atoms with E-state index in [1.54, 1.807) is 4.68 Å². The summed E-state index contributed by atoms with van der Waals surface area (Å²) in [5, 5.41) is 7.68. The number of aromatic nitrogens is 2. The second kappa shape index (κ2) is 8.24. The molecule has 1 N–H and O–H groups in total. The van der Waals surface area contributed by atoms with Crippen molar-refractivity contribution in [2.75, 3.05) is 19.8 Å². The van der Waals surface area contributed by atoms with Gasteiger partial charge in [-0.1, -0.05) is 6.92 Å². The van der Waals surface area contributed by atoms with E-state index >= 15 is 0 Å². The summed E-state index contributed by atoms with van der Waals surface area (Å²) in [7, 11) is 1.91. The Labute approximate surface area is 109 Å². The van der Waals surface area contributed by atoms with E-state index in [9.17, 15) is 0 Å². The van der Waals surface area contributed by atoms with Crippen molar-refractivity contribution in [3.63, 3.8) is 0 Å². The van der Waals surface area contributed by atoms with Gasteiger partial charge in [-0.2, -0.15) is 5.10 Å². The number of nitrogens with one attached hydrogen (secondary N) is 1. The van der Waals surface area contributed by atoms with E-state index < -0.39 is 0 Å². The maximum absolute atomic E-state index is 5.68. The van der Waals surface area contributed by atoms with Crippen LogP contribution in [0.5, 0.6) is 0 Å². The third kappa shape index (κ3) is 4.40. The Morgan fingerprint density at radius 1 is 1.28 bits per heavy atom. The van der Waals surface area contributed by atoms with Gasteiger partial charge in [0.05, 0.1) is 12.2 Å². The van der Waals surface area contributed by atoms with Gasteiger partial charge in [-0.3, -0.25) is 4.68 Å². The molecule has 0 bridgehead atoms. The van der Waals surface area contributed by atoms with Crippen molar-refractivity contribution in [2.24, 2.45) is 7.05 Å². The standard InChI is InChI=1S/C13H25N3O2/c1-5-8-14-12(11-9-15-16(4)10-11)13(17-6-2)18-7-3/h9-10,12-14H,5-8H2,1-4H3. The molecule has 0 radical (unpaired) electrons. The van der Waals surface area contributed by atoms with Crippen molar-refractivity contribution in [1.29, 1.82) is 0 Å². The predicted molar refractivity (Wildman–Crippen MR) is 71.3 cm³/mol. The lowest BCUT2D eigenvalue weighted by Gasteiger charge is -2.26. The molecule has 1 unspecified atom stereocenters. The number of hydrogen-bond donors (Lipinski definition) is 1. The van der Waals surface area contributed by atoms with Gasteiger partial charge in [-0.05, 0) is 26.8 Å². The van der Waals surface area contributed by atoms with Crippen LogP contribution in [0, 0.1) is 0 Å². The Balaban J connectivity index is 2.80. The van der Waals surface area contributed by atoms with Gasteiger partial charge in [0.25, 0.3) is 0 Å². The highest BCUT2D eigenvalue weighted by molar-refractivity contribution is 5.11. The monoisotopic (exact) mass is 255 g/mol. The quantitative estimate of drug-likeness (QED) is 0.684. The lowest BCUT2D eigenvalue weighted by atomic mass is 10.1. The lowest BCUT2D eigenvalue weighted by molar-refractivity contribution is -0.155. The first-order valence-electron chi connectivity index (χ1n) is 6.68. The first kappa shape index (κ1) is 15.1. The van der Waals surface area contributed by atoms with Crippen LogP contribution in [-0.2, 0) is 16.5 Å². The lowest BCUT2D eigenvalue weighted by Crippen LogP contribution is -2.36. The van der Waals surface area contributed by atoms with E-state index in [4.69, 9.17) is 9.47 Å². The van der Waals surface area contributed by atoms with Crippen LogP contribution in [0.3, 0.4) is 0 Å². The summed E-state index contributed by atoms with van der Waals surface area (Å²) >= 11 is 0. The summed E-state index contributed by atoms with van der Waals surface area (Å²) < 4.78 is 13.2. The molecule has 0 aliphatic rings. The third-order valence-electron chi connectivity index (χ3n) is 2.63. The van der Waals surface area contributed by atoms with Crippen LogP contribution >= 0.6 is 0 Å². The molecule has 0 saturated heterocycles. The minimum absolute atomic E-state index is 0.0264. The first-order valence-corrected chi connectivity index (χ1v) is 6.68. The summed E-state index contributed by atoms with van der Waals surface area (Å²) in [5.41, 5.74) is 1.10. The van der Waals surface area contributed by atoms with E-state index in [1.165, 1.54) is 0 Å². The van der Waals surface area contributed by atoms with Crippen molar-refractivity contribution in [2.45, 2.75) is 39.5 Å². The van der Waals surface area contributed by atoms with Crippen molar-refractivity contribution in [1.82, 2.24) is 15.1 Å². The zero-order valence-corrected chi connectivity index (χ0v) is 11.8. The molecule has 0 amide bonds. The van der Waals surface area contributed by atoms with Gasteiger partial charge in [0, 0.05) is 32.0 Å². The van der Waals surface area contributed by atoms with Crippen LogP contribution in [0.25, 0.3) is 0 Å². The molecule has 1 aromatic heterocycles. The van der Waals surface area contributed by atoms with Gasteiger partial charge in [-0.25, -0.2) is 0 Å². The van der Waals surface area contributed by atoms with Crippen LogP contribution in [0.1, 0.15) is 38.8 Å². The number of rotatable bonds is 9. The largest absolute Gasteiger partial charge is 0.351 e. The van der Waals surface area contributed by atoms with Crippen LogP contribution in [0.15, 0.2) is 12.4 Å². The number of aryl methyl sites for hydroxylation is 1. The SMILES string of the molecule is CCCNC(c1cnn(C)c1)C(OCC)OCC. The van der Waals surface area contributed by atoms with Crippen molar-refractivity contribution in [3.8, 4) is 0 Å². The maximum Gasteiger partial charge on any atom is 0.176 e. The molecule has 0 saturated carbocycles. The average molecular weight is 255 g/mol. The van der Waals surface area contributed by atoms with Gasteiger partial charge in [0.1, 0.15) is 0 Å². The molecule has 1 atom stereocenters. The summed E-state index contributed by atoms with van der Waals surface area (Å²) in [6.45, 7) is 8.29. The third-order valence-corrected chi connectivity index (χ3v) is 2.63. The Bertz CT molecular complexity index is 322. The molecular weight excluding hydrogens is 230 g/mol. The van der Waals surface area contributed by atoms with Gasteiger partial charge in [0.2, 0.25) is 0 Å². The minimum Gasteiger partial charge on any atom is -0.351 e. The van der Waals surface area contributed by atoms with E-state index in [-0.39, 0.29) is 12.3 Å². The van der Waals surface area contributed by atoms with Crippen LogP contribution in [-0.4, -0.2) is 35.8 Å². The molecule has 104 valence electrons. The van der Waals surface area contributed by atoms with Crippen LogP contribution in [0.2, 0.25) is 0 Å². The molecule has 5 nitrogen and oxygen atoms in total. The molecule has 1 rings (SSSR count). The smallest absolute Gasteiger partial charge is 0.176 e. The number of nitrogens with zero attached hydrogens (tertiary/aromatic N) is 2. The fourth-order valence-electron chi connectivity index (χ4n) is 1.84. The Hall–Kier alpha value is -0.910. The Kier molecular flexibility index (Phi) is 6.93. The summed E-state index contributed by atoms with van der Waals surface area (Å²) in [4.78, 5) is 0. The average Bonchev–Trinajstić information content (AvgIpc) is 2.77. The van der Waals surface area contributed by atoms with Crippen LogP contribution in [0.4, 0.5) is 0 Å². The molecule has 0 aromatic carbocycles. The topological polar surface area (TPSA) is 48.3 Å². The van der Waals surface area contributed by atoms with Crippen LogP contribution < -0.4 is 5.32 Å². The Morgan fingerprint density at radius 3 is 2.39 bits per heavy atom. The van der Waals surface area contributed by atoms with Gasteiger partial charge in [0.15, 0.2) is 6.29 Å². The van der Waals surface area contributed by atoms with E-state index in [0.29, 0.717) is 13.2 Å². The normalized spacial score (nSPS) is 13.2. The summed E-state index contributed by atoms with van der Waals surface area (Å²) in [5.74, 6) is 0. The minimum atomic E-state index is -0.268. The highest BCUT2D eigenvalue weighted by Gasteiger charge is 2.24. The number of hydrogen-bond acceptors (Lipinski definition) is 4. The zero-order chi connectivity index (χ0) is 13.4. The van der Waals surface area contributed by atoms with Crippen molar-refractivity contribution in [3.05, 3.63) is 18.0 Å². The molecule has 1 heterocycles. The molecule has 18 heavy (non-hydrogen) atoms. The van der Waals surface area contributed by atoms with Gasteiger partial charge < -0.3 is 14.8 Å². The Morgan fingerprint density at radius 2 is 1.94 bits per heavy atom. The molecule has 0 aliphatic heterocycles. The fraction of sp³-hybridized carbons (Fsp3) is 0.769. The molecule has 1 aromatic rings. The fourth-order valence-corrected chi connectivity index (χ4v) is 1.84. The first-order chi connectivity index (χ1) is 8.72. The van der Waals surface area contributed by atoms with E-state index in [1.807, 2.05) is 33.3 Å². The highest BCUT2D eigenvalue weighted by atomic mass is 16.7.